The minimum atomic E-state index is -0.100. The molecule has 114 valence electrons. The zero-order chi connectivity index (χ0) is 15.4. The molecule has 1 unspecified atom stereocenters. The molecule has 0 spiro atoms. The highest BCUT2D eigenvalue weighted by atomic mass is 32.1. The first-order valence-corrected chi connectivity index (χ1v) is 8.52. The van der Waals surface area contributed by atoms with Crippen molar-refractivity contribution in [2.75, 3.05) is 6.54 Å². The standard InChI is InChI=1S/C18H24FNS/c1-5-8-20-17(18-14(6-2)7-9-21-18)16-13(4)10-12(3)11-15(16)19/h7,9-11,17,20H,5-6,8H2,1-4H3. The molecule has 1 atom stereocenters. The summed E-state index contributed by atoms with van der Waals surface area (Å²) >= 11 is 1.72. The van der Waals surface area contributed by atoms with Crippen LogP contribution in [0.3, 0.4) is 0 Å². The van der Waals surface area contributed by atoms with Gasteiger partial charge in [-0.25, -0.2) is 4.39 Å². The van der Waals surface area contributed by atoms with Gasteiger partial charge in [-0.1, -0.05) is 19.9 Å². The number of benzene rings is 1. The summed E-state index contributed by atoms with van der Waals surface area (Å²) in [4.78, 5) is 1.25. The molecule has 21 heavy (non-hydrogen) atoms. The van der Waals surface area contributed by atoms with Crippen molar-refractivity contribution in [2.45, 2.75) is 46.6 Å². The summed E-state index contributed by atoms with van der Waals surface area (Å²) in [7, 11) is 0. The van der Waals surface area contributed by atoms with Gasteiger partial charge >= 0.3 is 0 Å². The first-order chi connectivity index (χ1) is 10.1. The van der Waals surface area contributed by atoms with Gasteiger partial charge in [0, 0.05) is 10.4 Å². The molecule has 0 bridgehead atoms. The summed E-state index contributed by atoms with van der Waals surface area (Å²) in [5, 5.41) is 5.64. The SMILES string of the molecule is CCCNC(c1sccc1CC)c1c(C)cc(C)cc1F. The molecule has 0 aliphatic heterocycles. The van der Waals surface area contributed by atoms with Gasteiger partial charge < -0.3 is 5.32 Å². The number of rotatable bonds is 6. The zero-order valence-electron chi connectivity index (χ0n) is 13.3. The normalized spacial score (nSPS) is 12.6. The monoisotopic (exact) mass is 305 g/mol. The highest BCUT2D eigenvalue weighted by Crippen LogP contribution is 2.33. The van der Waals surface area contributed by atoms with Crippen LogP contribution in [0.1, 0.15) is 53.4 Å². The molecule has 1 N–H and O–H groups in total. The summed E-state index contributed by atoms with van der Waals surface area (Å²) in [6, 6.07) is 5.82. The van der Waals surface area contributed by atoms with Crippen LogP contribution < -0.4 is 5.32 Å². The van der Waals surface area contributed by atoms with Crippen molar-refractivity contribution in [1.82, 2.24) is 5.32 Å². The molecule has 0 radical (unpaired) electrons. The van der Waals surface area contributed by atoms with Crippen LogP contribution in [0.25, 0.3) is 0 Å². The average Bonchev–Trinajstić information content (AvgIpc) is 2.89. The Morgan fingerprint density at radius 3 is 2.62 bits per heavy atom. The van der Waals surface area contributed by atoms with Crippen LogP contribution in [0.5, 0.6) is 0 Å². The fourth-order valence-corrected chi connectivity index (χ4v) is 3.88. The van der Waals surface area contributed by atoms with Crippen LogP contribution in [-0.4, -0.2) is 6.54 Å². The van der Waals surface area contributed by atoms with E-state index in [9.17, 15) is 4.39 Å². The van der Waals surface area contributed by atoms with E-state index < -0.39 is 0 Å². The van der Waals surface area contributed by atoms with Crippen LogP contribution in [0.4, 0.5) is 4.39 Å². The second kappa shape index (κ2) is 7.19. The molecule has 0 aliphatic carbocycles. The average molecular weight is 305 g/mol. The fraction of sp³-hybridized carbons (Fsp3) is 0.444. The van der Waals surface area contributed by atoms with Gasteiger partial charge in [-0.2, -0.15) is 0 Å². The van der Waals surface area contributed by atoms with Crippen LogP contribution in [0, 0.1) is 19.7 Å². The Kier molecular flexibility index (Phi) is 5.54. The number of aryl methyl sites for hydroxylation is 3. The van der Waals surface area contributed by atoms with Crippen molar-refractivity contribution < 1.29 is 4.39 Å². The molecule has 1 nitrogen and oxygen atoms in total. The lowest BCUT2D eigenvalue weighted by Gasteiger charge is -2.22. The molecular formula is C18H24FNS. The number of nitrogens with one attached hydrogen (secondary N) is 1. The Morgan fingerprint density at radius 1 is 1.24 bits per heavy atom. The Bertz CT molecular complexity index is 580. The van der Waals surface area contributed by atoms with Crippen molar-refractivity contribution >= 4 is 11.3 Å². The van der Waals surface area contributed by atoms with E-state index in [0.29, 0.717) is 0 Å². The van der Waals surface area contributed by atoms with Crippen LogP contribution in [0.2, 0.25) is 0 Å². The predicted molar refractivity (Wildman–Crippen MR) is 89.7 cm³/mol. The molecule has 1 heterocycles. The third-order valence-corrected chi connectivity index (χ3v) is 4.82. The minimum absolute atomic E-state index is 0.0412. The summed E-state index contributed by atoms with van der Waals surface area (Å²) < 4.78 is 14.6. The highest BCUT2D eigenvalue weighted by molar-refractivity contribution is 7.10. The quantitative estimate of drug-likeness (QED) is 0.777. The number of hydrogen-bond donors (Lipinski definition) is 1. The first-order valence-electron chi connectivity index (χ1n) is 7.64. The lowest BCUT2D eigenvalue weighted by atomic mass is 9.95. The molecule has 1 aromatic heterocycles. The lowest BCUT2D eigenvalue weighted by molar-refractivity contribution is 0.546. The van der Waals surface area contributed by atoms with Gasteiger partial charge in [0.15, 0.2) is 0 Å². The largest absolute Gasteiger partial charge is 0.305 e. The topological polar surface area (TPSA) is 12.0 Å². The highest BCUT2D eigenvalue weighted by Gasteiger charge is 2.23. The lowest BCUT2D eigenvalue weighted by Crippen LogP contribution is -2.25. The molecule has 0 aliphatic rings. The maximum atomic E-state index is 14.6. The first kappa shape index (κ1) is 16.2. The van der Waals surface area contributed by atoms with Crippen LogP contribution in [-0.2, 0) is 6.42 Å². The van der Waals surface area contributed by atoms with Gasteiger partial charge in [-0.3, -0.25) is 0 Å². The Balaban J connectivity index is 2.51. The van der Waals surface area contributed by atoms with Crippen LogP contribution >= 0.6 is 11.3 Å². The molecule has 0 saturated heterocycles. The van der Waals surface area contributed by atoms with Gasteiger partial charge in [0.25, 0.3) is 0 Å². The summed E-state index contributed by atoms with van der Waals surface area (Å²) in [5.41, 5.74) is 4.11. The second-order valence-corrected chi connectivity index (χ2v) is 6.48. The third-order valence-electron chi connectivity index (χ3n) is 3.79. The van der Waals surface area contributed by atoms with Gasteiger partial charge in [-0.15, -0.1) is 11.3 Å². The van der Waals surface area contributed by atoms with Gasteiger partial charge in [0.1, 0.15) is 5.82 Å². The van der Waals surface area contributed by atoms with Gasteiger partial charge in [0.05, 0.1) is 6.04 Å². The van der Waals surface area contributed by atoms with E-state index in [2.05, 4.69) is 36.7 Å². The summed E-state index contributed by atoms with van der Waals surface area (Å²) in [6.45, 7) is 9.12. The van der Waals surface area contributed by atoms with Gasteiger partial charge in [-0.05, 0) is 67.4 Å². The molecule has 0 amide bonds. The fourth-order valence-electron chi connectivity index (χ4n) is 2.80. The van der Waals surface area contributed by atoms with Crippen molar-refractivity contribution in [2.24, 2.45) is 0 Å². The van der Waals surface area contributed by atoms with E-state index in [-0.39, 0.29) is 11.9 Å². The molecule has 2 rings (SSSR count). The zero-order valence-corrected chi connectivity index (χ0v) is 14.1. The Morgan fingerprint density at radius 2 is 2.00 bits per heavy atom. The molecule has 2 aromatic rings. The van der Waals surface area contributed by atoms with E-state index in [0.717, 1.165) is 36.1 Å². The molecular weight excluding hydrogens is 281 g/mol. The Hall–Kier alpha value is -1.19. The smallest absolute Gasteiger partial charge is 0.128 e. The van der Waals surface area contributed by atoms with Crippen molar-refractivity contribution in [1.29, 1.82) is 0 Å². The van der Waals surface area contributed by atoms with Crippen molar-refractivity contribution in [3.05, 3.63) is 56.5 Å². The summed E-state index contributed by atoms with van der Waals surface area (Å²) in [6.07, 6.45) is 2.02. The van der Waals surface area contributed by atoms with E-state index in [1.54, 1.807) is 17.4 Å². The van der Waals surface area contributed by atoms with E-state index in [4.69, 9.17) is 0 Å². The van der Waals surface area contributed by atoms with Crippen LogP contribution in [0.15, 0.2) is 23.6 Å². The number of halogens is 1. The predicted octanol–water partition coefficient (Wildman–Crippen LogP) is 5.16. The van der Waals surface area contributed by atoms with E-state index in [1.165, 1.54) is 10.4 Å². The second-order valence-electron chi connectivity index (χ2n) is 5.53. The minimum Gasteiger partial charge on any atom is -0.305 e. The van der Waals surface area contributed by atoms with Gasteiger partial charge in [0.2, 0.25) is 0 Å². The third kappa shape index (κ3) is 3.53. The van der Waals surface area contributed by atoms with Crippen molar-refractivity contribution in [3.8, 4) is 0 Å². The Labute approximate surface area is 131 Å². The summed E-state index contributed by atoms with van der Waals surface area (Å²) in [5.74, 6) is -0.100. The molecule has 1 aromatic carbocycles. The number of thiophene rings is 1. The van der Waals surface area contributed by atoms with Crippen molar-refractivity contribution in [3.63, 3.8) is 0 Å². The maximum absolute atomic E-state index is 14.6. The molecule has 3 heteroatoms. The molecule has 0 saturated carbocycles. The molecule has 0 fully saturated rings. The van der Waals surface area contributed by atoms with E-state index >= 15 is 0 Å². The maximum Gasteiger partial charge on any atom is 0.128 e. The van der Waals surface area contributed by atoms with E-state index in [1.807, 2.05) is 13.8 Å². The number of hydrogen-bond acceptors (Lipinski definition) is 2.